The molecule has 0 saturated carbocycles. The minimum Gasteiger partial charge on any atom is -0.357 e. The number of likely N-dealkylation sites (N-methyl/N-ethyl adjacent to an activating group) is 1. The quantitative estimate of drug-likeness (QED) is 0.884. The second kappa shape index (κ2) is 7.95. The van der Waals surface area contributed by atoms with Crippen LogP contribution in [0.2, 0.25) is 0 Å². The van der Waals surface area contributed by atoms with Crippen molar-refractivity contribution in [2.45, 2.75) is 38.9 Å². The van der Waals surface area contributed by atoms with Crippen LogP contribution in [0.4, 0.5) is 0 Å². The molecule has 0 fully saturated rings. The lowest BCUT2D eigenvalue weighted by Crippen LogP contribution is -2.53. The van der Waals surface area contributed by atoms with Crippen molar-refractivity contribution in [1.82, 2.24) is 25.0 Å². The van der Waals surface area contributed by atoms with Crippen LogP contribution in [0.1, 0.15) is 30.1 Å². The van der Waals surface area contributed by atoms with E-state index in [1.165, 1.54) is 0 Å². The lowest BCUT2D eigenvalue weighted by Gasteiger charge is -2.34. The Balaban J connectivity index is 1.66. The minimum atomic E-state index is -0.534. The third kappa shape index (κ3) is 3.82. The van der Waals surface area contributed by atoms with Crippen LogP contribution < -0.4 is 5.32 Å². The molecule has 0 spiro atoms. The molecule has 136 valence electrons. The largest absolute Gasteiger partial charge is 0.357 e. The zero-order chi connectivity index (χ0) is 18.5. The van der Waals surface area contributed by atoms with Gasteiger partial charge in [-0.25, -0.2) is 0 Å². The Morgan fingerprint density at radius 3 is 2.77 bits per heavy atom. The highest BCUT2D eigenvalue weighted by atomic mass is 16.2. The number of benzene rings is 1. The molecule has 0 bridgehead atoms. The van der Waals surface area contributed by atoms with E-state index >= 15 is 0 Å². The molecule has 1 aliphatic heterocycles. The first-order chi connectivity index (χ1) is 12.6. The van der Waals surface area contributed by atoms with Gasteiger partial charge in [0.25, 0.3) is 0 Å². The van der Waals surface area contributed by atoms with E-state index in [2.05, 4.69) is 15.5 Å². The van der Waals surface area contributed by atoms with Gasteiger partial charge in [0.2, 0.25) is 11.8 Å². The first-order valence-electron chi connectivity index (χ1n) is 8.71. The van der Waals surface area contributed by atoms with Crippen molar-refractivity contribution in [1.29, 1.82) is 0 Å². The van der Waals surface area contributed by atoms with Crippen molar-refractivity contribution in [3.63, 3.8) is 0 Å². The summed E-state index contributed by atoms with van der Waals surface area (Å²) in [6, 6.07) is 9.42. The Bertz CT molecular complexity index is 813. The summed E-state index contributed by atoms with van der Waals surface area (Å²) >= 11 is 0. The maximum absolute atomic E-state index is 12.7. The molecule has 2 aromatic rings. The standard InChI is InChI=1S/C19H23N5O2/c1-14-21-22-17-13-24(16(12-23(14)17)19(26)20-2)18(25)11-7-6-10-15-8-4-3-5-9-15/h3-6,8-10,16H,7,11-13H2,1-2H3,(H,20,26)/b10-6+. The van der Waals surface area contributed by atoms with E-state index in [0.717, 1.165) is 17.2 Å². The summed E-state index contributed by atoms with van der Waals surface area (Å²) in [6.45, 7) is 2.54. The average Bonchev–Trinajstić information content (AvgIpc) is 3.04. The molecular formula is C19H23N5O2. The normalized spacial score (nSPS) is 16.5. The van der Waals surface area contributed by atoms with Gasteiger partial charge >= 0.3 is 0 Å². The summed E-state index contributed by atoms with van der Waals surface area (Å²) in [7, 11) is 1.59. The van der Waals surface area contributed by atoms with Crippen molar-refractivity contribution in [3.05, 3.63) is 53.6 Å². The van der Waals surface area contributed by atoms with E-state index in [-0.39, 0.29) is 11.8 Å². The molecule has 2 heterocycles. The highest BCUT2D eigenvalue weighted by Crippen LogP contribution is 2.19. The maximum Gasteiger partial charge on any atom is 0.244 e. The van der Waals surface area contributed by atoms with E-state index < -0.39 is 6.04 Å². The first-order valence-corrected chi connectivity index (χ1v) is 8.71. The number of aromatic nitrogens is 3. The van der Waals surface area contributed by atoms with Gasteiger partial charge in [0.15, 0.2) is 5.82 Å². The zero-order valence-corrected chi connectivity index (χ0v) is 15.1. The van der Waals surface area contributed by atoms with Crippen LogP contribution in [0, 0.1) is 6.92 Å². The van der Waals surface area contributed by atoms with Gasteiger partial charge in [0.05, 0.1) is 13.1 Å². The predicted octanol–water partition coefficient (Wildman–Crippen LogP) is 1.54. The smallest absolute Gasteiger partial charge is 0.244 e. The fraction of sp³-hybridized carbons (Fsp3) is 0.368. The van der Waals surface area contributed by atoms with Gasteiger partial charge in [-0.1, -0.05) is 42.5 Å². The molecule has 3 rings (SSSR count). The Labute approximate surface area is 152 Å². The van der Waals surface area contributed by atoms with E-state index in [1.54, 1.807) is 11.9 Å². The number of allylic oxidation sites excluding steroid dienone is 1. The van der Waals surface area contributed by atoms with Crippen LogP contribution in [0.5, 0.6) is 0 Å². The number of carbonyl (C=O) groups is 2. The number of rotatable bonds is 5. The molecule has 1 unspecified atom stereocenters. The second-order valence-corrected chi connectivity index (χ2v) is 6.28. The maximum atomic E-state index is 12.7. The Morgan fingerprint density at radius 2 is 2.04 bits per heavy atom. The van der Waals surface area contributed by atoms with Crippen molar-refractivity contribution in [3.8, 4) is 0 Å². The monoisotopic (exact) mass is 353 g/mol. The fourth-order valence-electron chi connectivity index (χ4n) is 3.10. The first kappa shape index (κ1) is 17.8. The highest BCUT2D eigenvalue weighted by Gasteiger charge is 2.35. The van der Waals surface area contributed by atoms with Crippen LogP contribution in [-0.4, -0.2) is 44.6 Å². The molecule has 1 aromatic carbocycles. The number of aryl methyl sites for hydroxylation is 1. The molecule has 7 nitrogen and oxygen atoms in total. The molecule has 2 amide bonds. The van der Waals surface area contributed by atoms with E-state index in [4.69, 9.17) is 0 Å². The molecule has 1 aliphatic rings. The predicted molar refractivity (Wildman–Crippen MR) is 97.9 cm³/mol. The van der Waals surface area contributed by atoms with Gasteiger partial charge in [-0.05, 0) is 18.9 Å². The number of carbonyl (C=O) groups excluding carboxylic acids is 2. The molecule has 7 heteroatoms. The van der Waals surface area contributed by atoms with Crippen LogP contribution in [0.25, 0.3) is 6.08 Å². The van der Waals surface area contributed by atoms with E-state index in [1.807, 2.05) is 54.0 Å². The SMILES string of the molecule is CNC(=O)C1Cn2c(C)nnc2CN1C(=O)CC/C=C/c1ccccc1. The Morgan fingerprint density at radius 1 is 1.27 bits per heavy atom. The van der Waals surface area contributed by atoms with Crippen molar-refractivity contribution in [2.24, 2.45) is 0 Å². The highest BCUT2D eigenvalue weighted by molar-refractivity contribution is 5.87. The summed E-state index contributed by atoms with van der Waals surface area (Å²) in [6.07, 6.45) is 4.96. The molecule has 0 saturated heterocycles. The molecule has 1 N–H and O–H groups in total. The fourth-order valence-corrected chi connectivity index (χ4v) is 3.10. The summed E-state index contributed by atoms with van der Waals surface area (Å²) in [4.78, 5) is 26.6. The van der Waals surface area contributed by atoms with Crippen molar-refractivity contribution < 1.29 is 9.59 Å². The van der Waals surface area contributed by atoms with E-state index in [0.29, 0.717) is 25.9 Å². The van der Waals surface area contributed by atoms with Crippen LogP contribution in [-0.2, 0) is 22.7 Å². The second-order valence-electron chi connectivity index (χ2n) is 6.28. The van der Waals surface area contributed by atoms with Gasteiger partial charge in [-0.15, -0.1) is 10.2 Å². The third-order valence-electron chi connectivity index (χ3n) is 4.56. The van der Waals surface area contributed by atoms with Gasteiger partial charge in [-0.2, -0.15) is 0 Å². The number of amides is 2. The third-order valence-corrected chi connectivity index (χ3v) is 4.56. The Kier molecular flexibility index (Phi) is 5.46. The lowest BCUT2D eigenvalue weighted by molar-refractivity contribution is -0.142. The Hall–Kier alpha value is -2.96. The minimum absolute atomic E-state index is 0.0526. The molecule has 0 radical (unpaired) electrons. The van der Waals surface area contributed by atoms with Gasteiger partial charge in [0, 0.05) is 13.5 Å². The summed E-state index contributed by atoms with van der Waals surface area (Å²) in [5.74, 6) is 1.25. The van der Waals surface area contributed by atoms with Crippen LogP contribution in [0.3, 0.4) is 0 Å². The van der Waals surface area contributed by atoms with Gasteiger partial charge < -0.3 is 14.8 Å². The summed E-state index contributed by atoms with van der Waals surface area (Å²) in [5.41, 5.74) is 1.10. The molecule has 1 atom stereocenters. The number of nitrogens with zero attached hydrogens (tertiary/aromatic N) is 4. The van der Waals surface area contributed by atoms with Crippen molar-refractivity contribution in [2.75, 3.05) is 7.05 Å². The van der Waals surface area contributed by atoms with E-state index in [9.17, 15) is 9.59 Å². The number of hydrogen-bond donors (Lipinski definition) is 1. The van der Waals surface area contributed by atoms with Crippen molar-refractivity contribution >= 4 is 17.9 Å². The molecular weight excluding hydrogens is 330 g/mol. The number of hydrogen-bond acceptors (Lipinski definition) is 4. The van der Waals surface area contributed by atoms with Crippen LogP contribution in [0.15, 0.2) is 36.4 Å². The molecule has 26 heavy (non-hydrogen) atoms. The van der Waals surface area contributed by atoms with Gasteiger partial charge in [-0.3, -0.25) is 9.59 Å². The zero-order valence-electron chi connectivity index (χ0n) is 15.1. The summed E-state index contributed by atoms with van der Waals surface area (Å²) < 4.78 is 1.90. The van der Waals surface area contributed by atoms with Gasteiger partial charge in [0.1, 0.15) is 11.9 Å². The topological polar surface area (TPSA) is 80.1 Å². The number of nitrogens with one attached hydrogen (secondary N) is 1. The molecule has 1 aromatic heterocycles. The summed E-state index contributed by atoms with van der Waals surface area (Å²) in [5, 5.41) is 10.8. The number of fused-ring (bicyclic) bond motifs is 1. The average molecular weight is 353 g/mol. The van der Waals surface area contributed by atoms with Crippen LogP contribution >= 0.6 is 0 Å². The molecule has 0 aliphatic carbocycles. The lowest BCUT2D eigenvalue weighted by atomic mass is 10.1.